The van der Waals surface area contributed by atoms with E-state index >= 15 is 0 Å². The Morgan fingerprint density at radius 1 is 1.00 bits per heavy atom. The maximum atomic E-state index is 13.4. The third-order valence-electron chi connectivity index (χ3n) is 7.18. The summed E-state index contributed by atoms with van der Waals surface area (Å²) in [6.07, 6.45) is -2.45. The van der Waals surface area contributed by atoms with Crippen LogP contribution in [-0.2, 0) is 31.9 Å². The van der Waals surface area contributed by atoms with Gasteiger partial charge in [0.15, 0.2) is 0 Å². The number of nitrogens with one attached hydrogen (secondary N) is 1. The number of piperidine rings is 1. The molecule has 6 rings (SSSR count). The molecule has 0 bridgehead atoms. The SMILES string of the molecule is O=C1CCC(N2C(=O)C3=C(C2=O)N(Cc2nc(-c4cccc(-c5ccnc(C(F)(F)F)c5)c4)no2)CCC3)C(=O)N1. The highest BCUT2D eigenvalue weighted by Crippen LogP contribution is 2.35. The summed E-state index contributed by atoms with van der Waals surface area (Å²) in [5.41, 5.74) is 0.776. The molecule has 41 heavy (non-hydrogen) atoms. The van der Waals surface area contributed by atoms with Crippen molar-refractivity contribution >= 4 is 23.6 Å². The van der Waals surface area contributed by atoms with E-state index < -0.39 is 41.5 Å². The second-order valence-corrected chi connectivity index (χ2v) is 9.82. The minimum absolute atomic E-state index is 0.0209. The number of hydrogen-bond acceptors (Lipinski definition) is 9. The number of hydrogen-bond donors (Lipinski definition) is 1. The lowest BCUT2D eigenvalue weighted by molar-refractivity contribution is -0.150. The molecule has 1 fully saturated rings. The average Bonchev–Trinajstić information content (AvgIpc) is 3.51. The van der Waals surface area contributed by atoms with Crippen LogP contribution in [0, 0.1) is 0 Å². The molecule has 210 valence electrons. The van der Waals surface area contributed by atoms with Crippen molar-refractivity contribution in [2.24, 2.45) is 0 Å². The molecule has 2 aromatic heterocycles. The van der Waals surface area contributed by atoms with E-state index in [0.717, 1.165) is 17.2 Å². The van der Waals surface area contributed by atoms with Crippen molar-refractivity contribution in [3.05, 3.63) is 65.4 Å². The largest absolute Gasteiger partial charge is 0.433 e. The second-order valence-electron chi connectivity index (χ2n) is 9.82. The fourth-order valence-corrected chi connectivity index (χ4v) is 5.26. The van der Waals surface area contributed by atoms with E-state index in [-0.39, 0.29) is 36.8 Å². The summed E-state index contributed by atoms with van der Waals surface area (Å²) in [4.78, 5) is 60.8. The van der Waals surface area contributed by atoms with Gasteiger partial charge in [0.2, 0.25) is 23.5 Å². The van der Waals surface area contributed by atoms with Crippen LogP contribution in [-0.4, -0.2) is 61.1 Å². The Bertz CT molecular complexity index is 1630. The van der Waals surface area contributed by atoms with Crippen LogP contribution >= 0.6 is 0 Å². The smallest absolute Gasteiger partial charge is 0.357 e. The molecule has 4 amide bonds. The molecule has 1 aromatic carbocycles. The lowest BCUT2D eigenvalue weighted by Gasteiger charge is -2.29. The summed E-state index contributed by atoms with van der Waals surface area (Å²) in [7, 11) is 0. The first kappa shape index (κ1) is 26.3. The van der Waals surface area contributed by atoms with Crippen molar-refractivity contribution in [3.8, 4) is 22.5 Å². The number of benzene rings is 1. The molecule has 11 nitrogen and oxygen atoms in total. The number of carbonyl (C=O) groups is 4. The van der Waals surface area contributed by atoms with Crippen LogP contribution < -0.4 is 5.32 Å². The van der Waals surface area contributed by atoms with Gasteiger partial charge in [0, 0.05) is 30.3 Å². The van der Waals surface area contributed by atoms with Crippen LogP contribution in [0.2, 0.25) is 0 Å². The summed E-state index contributed by atoms with van der Waals surface area (Å²) >= 11 is 0. The number of aromatic nitrogens is 3. The second kappa shape index (κ2) is 9.94. The van der Waals surface area contributed by atoms with Crippen LogP contribution in [0.25, 0.3) is 22.5 Å². The van der Waals surface area contributed by atoms with E-state index in [1.165, 1.54) is 6.07 Å². The predicted octanol–water partition coefficient (Wildman–Crippen LogP) is 2.84. The monoisotopic (exact) mass is 566 g/mol. The van der Waals surface area contributed by atoms with Crippen LogP contribution in [0.1, 0.15) is 37.3 Å². The Morgan fingerprint density at radius 3 is 2.56 bits per heavy atom. The van der Waals surface area contributed by atoms with Gasteiger partial charge in [-0.1, -0.05) is 23.4 Å². The maximum absolute atomic E-state index is 13.4. The number of pyridine rings is 1. The van der Waals surface area contributed by atoms with Gasteiger partial charge in [0.05, 0.1) is 6.54 Å². The number of nitrogens with zero attached hydrogens (tertiary/aromatic N) is 5. The Labute approximate surface area is 230 Å². The predicted molar refractivity (Wildman–Crippen MR) is 133 cm³/mol. The molecule has 0 radical (unpaired) electrons. The zero-order chi connectivity index (χ0) is 28.9. The van der Waals surface area contributed by atoms with E-state index in [9.17, 15) is 32.3 Å². The molecule has 1 N–H and O–H groups in total. The van der Waals surface area contributed by atoms with Gasteiger partial charge in [0.25, 0.3) is 11.8 Å². The molecular formula is C27H21F3N6O5. The zero-order valence-electron chi connectivity index (χ0n) is 21.3. The number of amides is 4. The number of carbonyl (C=O) groups excluding carboxylic acids is 4. The third-order valence-corrected chi connectivity index (χ3v) is 7.18. The van der Waals surface area contributed by atoms with E-state index in [1.807, 2.05) is 0 Å². The van der Waals surface area contributed by atoms with E-state index in [4.69, 9.17) is 4.52 Å². The van der Waals surface area contributed by atoms with Crippen molar-refractivity contribution in [1.29, 1.82) is 0 Å². The third kappa shape index (κ3) is 4.85. The van der Waals surface area contributed by atoms with E-state index in [0.29, 0.717) is 41.6 Å². The summed E-state index contributed by atoms with van der Waals surface area (Å²) in [6.45, 7) is 0.449. The molecular weight excluding hydrogens is 545 g/mol. The van der Waals surface area contributed by atoms with Gasteiger partial charge < -0.3 is 9.42 Å². The Kier molecular flexibility index (Phi) is 6.39. The fraction of sp³-hybridized carbons (Fsp3) is 0.296. The number of halogens is 3. The first-order valence-electron chi connectivity index (χ1n) is 12.8. The molecule has 0 aliphatic carbocycles. The first-order chi connectivity index (χ1) is 19.6. The molecule has 1 saturated heterocycles. The summed E-state index contributed by atoms with van der Waals surface area (Å²) in [5.74, 6) is -1.94. The maximum Gasteiger partial charge on any atom is 0.433 e. The molecule has 1 atom stereocenters. The van der Waals surface area contributed by atoms with Gasteiger partial charge in [-0.2, -0.15) is 18.2 Å². The molecule has 5 heterocycles. The van der Waals surface area contributed by atoms with Gasteiger partial charge in [-0.3, -0.25) is 34.4 Å². The Hall–Kier alpha value is -4.88. The minimum Gasteiger partial charge on any atom is -0.357 e. The minimum atomic E-state index is -4.58. The van der Waals surface area contributed by atoms with Crippen LogP contribution in [0.5, 0.6) is 0 Å². The van der Waals surface area contributed by atoms with Gasteiger partial charge in [0.1, 0.15) is 17.4 Å². The van der Waals surface area contributed by atoms with Gasteiger partial charge in [-0.25, -0.2) is 0 Å². The molecule has 3 aliphatic rings. The van der Waals surface area contributed by atoms with Crippen molar-refractivity contribution in [1.82, 2.24) is 30.2 Å². The quantitative estimate of drug-likeness (QED) is 0.462. The highest BCUT2D eigenvalue weighted by atomic mass is 19.4. The highest BCUT2D eigenvalue weighted by Gasteiger charge is 2.48. The number of rotatable bonds is 5. The first-order valence-corrected chi connectivity index (χ1v) is 12.8. The van der Waals surface area contributed by atoms with Crippen LogP contribution in [0.3, 0.4) is 0 Å². The fourth-order valence-electron chi connectivity index (χ4n) is 5.26. The van der Waals surface area contributed by atoms with Crippen molar-refractivity contribution < 1.29 is 36.9 Å². The molecule has 14 heteroatoms. The van der Waals surface area contributed by atoms with Gasteiger partial charge in [-0.15, -0.1) is 0 Å². The molecule has 0 saturated carbocycles. The number of imide groups is 2. The molecule has 1 unspecified atom stereocenters. The zero-order valence-corrected chi connectivity index (χ0v) is 21.3. The van der Waals surface area contributed by atoms with Gasteiger partial charge >= 0.3 is 6.18 Å². The summed E-state index contributed by atoms with van der Waals surface area (Å²) in [6, 6.07) is 7.98. The van der Waals surface area contributed by atoms with E-state index in [2.05, 4.69) is 20.4 Å². The highest BCUT2D eigenvalue weighted by molar-refractivity contribution is 6.21. The Morgan fingerprint density at radius 2 is 1.78 bits per heavy atom. The van der Waals surface area contributed by atoms with Gasteiger partial charge in [-0.05, 0) is 48.6 Å². The van der Waals surface area contributed by atoms with Crippen LogP contribution in [0.4, 0.5) is 13.2 Å². The van der Waals surface area contributed by atoms with E-state index in [1.54, 1.807) is 29.2 Å². The van der Waals surface area contributed by atoms with Crippen LogP contribution in [0.15, 0.2) is 58.4 Å². The molecule has 3 aliphatic heterocycles. The number of alkyl halides is 3. The standard InChI is InChI=1S/C27H21F3N6O5/c28-27(29,30)19-12-15(8-9-31-19)14-3-1-4-16(11-14)23-33-21(41-34-23)13-35-10-2-5-17-22(35)26(40)36(25(17)39)18-6-7-20(37)32-24(18)38/h1,3-4,8-9,11-12,18H,2,5-7,10,13H2,(H,32,37,38). The van der Waals surface area contributed by atoms with Crippen molar-refractivity contribution in [3.63, 3.8) is 0 Å². The normalized spacial score (nSPS) is 19.6. The molecule has 3 aromatic rings. The lowest BCUT2D eigenvalue weighted by Crippen LogP contribution is -2.55. The topological polar surface area (TPSA) is 139 Å². The molecule has 0 spiro atoms. The lowest BCUT2D eigenvalue weighted by atomic mass is 10.0. The Balaban J connectivity index is 1.22. The van der Waals surface area contributed by atoms with Crippen molar-refractivity contribution in [2.45, 2.75) is 44.4 Å². The summed E-state index contributed by atoms with van der Waals surface area (Å²) in [5, 5.41) is 6.18. The van der Waals surface area contributed by atoms with Crippen molar-refractivity contribution in [2.75, 3.05) is 6.54 Å². The summed E-state index contributed by atoms with van der Waals surface area (Å²) < 4.78 is 44.8. The average molecular weight is 566 g/mol.